The van der Waals surface area contributed by atoms with Gasteiger partial charge in [-0.2, -0.15) is 0 Å². The van der Waals surface area contributed by atoms with Crippen LogP contribution >= 0.6 is 11.3 Å². The van der Waals surface area contributed by atoms with E-state index >= 15 is 0 Å². The summed E-state index contributed by atoms with van der Waals surface area (Å²) < 4.78 is 8.20. The second-order valence-corrected chi connectivity index (χ2v) is 7.30. The molecule has 1 aliphatic rings. The van der Waals surface area contributed by atoms with Crippen molar-refractivity contribution in [3.05, 3.63) is 70.3 Å². The summed E-state index contributed by atoms with van der Waals surface area (Å²) in [7, 11) is 0. The van der Waals surface area contributed by atoms with Gasteiger partial charge in [-0.25, -0.2) is 4.99 Å². The number of benzene rings is 2. The Hall–Kier alpha value is -2.17. The normalized spacial score (nSPS) is 18.0. The van der Waals surface area contributed by atoms with Gasteiger partial charge in [0.15, 0.2) is 4.80 Å². The highest BCUT2D eigenvalue weighted by molar-refractivity contribution is 7.07. The van der Waals surface area contributed by atoms with Crippen LogP contribution in [0.5, 0.6) is 0 Å². The van der Waals surface area contributed by atoms with E-state index in [1.165, 1.54) is 16.8 Å². The third-order valence-corrected chi connectivity index (χ3v) is 5.40. The third-order valence-electron chi connectivity index (χ3n) is 4.54. The van der Waals surface area contributed by atoms with Crippen LogP contribution in [0.4, 0.5) is 5.69 Å². The van der Waals surface area contributed by atoms with Crippen molar-refractivity contribution in [2.75, 3.05) is 6.61 Å². The van der Waals surface area contributed by atoms with Crippen LogP contribution in [0.25, 0.3) is 11.3 Å². The molecule has 0 radical (unpaired) electrons. The monoisotopic (exact) mass is 350 g/mol. The number of para-hydroxylation sites is 1. The molecular weight excluding hydrogens is 328 g/mol. The predicted molar refractivity (Wildman–Crippen MR) is 103 cm³/mol. The molecule has 1 saturated heterocycles. The lowest BCUT2D eigenvalue weighted by Gasteiger charge is -2.14. The van der Waals surface area contributed by atoms with Gasteiger partial charge < -0.3 is 9.30 Å². The number of thiazole rings is 1. The summed E-state index contributed by atoms with van der Waals surface area (Å²) in [6, 6.07) is 18.9. The van der Waals surface area contributed by atoms with Gasteiger partial charge in [-0.15, -0.1) is 11.3 Å². The fourth-order valence-corrected chi connectivity index (χ4v) is 4.09. The zero-order valence-corrected chi connectivity index (χ0v) is 15.2. The van der Waals surface area contributed by atoms with Crippen molar-refractivity contribution in [1.29, 1.82) is 0 Å². The Morgan fingerprint density at radius 3 is 2.64 bits per heavy atom. The van der Waals surface area contributed by atoms with Crippen molar-refractivity contribution in [2.24, 2.45) is 4.99 Å². The Bertz CT molecular complexity index is 888. The number of nitrogens with zero attached hydrogens (tertiary/aromatic N) is 2. The minimum absolute atomic E-state index is 0.286. The van der Waals surface area contributed by atoms with Crippen LogP contribution in [-0.4, -0.2) is 17.3 Å². The van der Waals surface area contributed by atoms with E-state index in [0.717, 1.165) is 36.5 Å². The van der Waals surface area contributed by atoms with Gasteiger partial charge in [0.1, 0.15) is 0 Å². The van der Waals surface area contributed by atoms with Crippen LogP contribution in [0.3, 0.4) is 0 Å². The van der Waals surface area contributed by atoms with E-state index in [0.29, 0.717) is 0 Å². The number of ether oxygens (including phenoxy) is 1. The number of rotatable bonds is 4. The average molecular weight is 350 g/mol. The van der Waals surface area contributed by atoms with Gasteiger partial charge in [0.25, 0.3) is 0 Å². The number of hydrogen-bond donors (Lipinski definition) is 0. The molecule has 4 rings (SSSR count). The molecule has 0 bridgehead atoms. The van der Waals surface area contributed by atoms with E-state index in [4.69, 9.17) is 9.73 Å². The van der Waals surface area contributed by atoms with Crippen LogP contribution < -0.4 is 4.80 Å². The van der Waals surface area contributed by atoms with E-state index in [2.05, 4.69) is 41.1 Å². The summed E-state index contributed by atoms with van der Waals surface area (Å²) in [6.45, 7) is 3.85. The van der Waals surface area contributed by atoms with Gasteiger partial charge in [-0.05, 0) is 37.5 Å². The lowest BCUT2D eigenvalue weighted by Crippen LogP contribution is -2.24. The van der Waals surface area contributed by atoms with Crippen molar-refractivity contribution in [1.82, 2.24) is 4.57 Å². The van der Waals surface area contributed by atoms with Crippen LogP contribution in [0, 0.1) is 6.92 Å². The van der Waals surface area contributed by atoms with Gasteiger partial charge in [0.2, 0.25) is 0 Å². The molecule has 2 aromatic carbocycles. The molecule has 3 nitrogen and oxygen atoms in total. The Labute approximate surface area is 152 Å². The molecule has 0 spiro atoms. The fraction of sp³-hybridized carbons (Fsp3) is 0.286. The number of aromatic nitrogens is 1. The minimum atomic E-state index is 0.286. The summed E-state index contributed by atoms with van der Waals surface area (Å²) in [5.74, 6) is 0. The van der Waals surface area contributed by atoms with Crippen LogP contribution in [-0.2, 0) is 11.3 Å². The molecule has 0 unspecified atom stereocenters. The van der Waals surface area contributed by atoms with Crippen molar-refractivity contribution in [3.8, 4) is 11.3 Å². The second kappa shape index (κ2) is 7.38. The molecular formula is C21H22N2OS. The lowest BCUT2D eigenvalue weighted by molar-refractivity contribution is 0.0968. The highest BCUT2D eigenvalue weighted by Gasteiger charge is 2.19. The number of hydrogen-bond acceptors (Lipinski definition) is 3. The van der Waals surface area contributed by atoms with E-state index < -0.39 is 0 Å². The molecule has 1 fully saturated rings. The molecule has 0 N–H and O–H groups in total. The van der Waals surface area contributed by atoms with Crippen LogP contribution in [0.15, 0.2) is 65.0 Å². The summed E-state index contributed by atoms with van der Waals surface area (Å²) in [4.78, 5) is 5.90. The Morgan fingerprint density at radius 1 is 1.12 bits per heavy atom. The molecule has 0 aliphatic carbocycles. The molecule has 128 valence electrons. The summed E-state index contributed by atoms with van der Waals surface area (Å²) >= 11 is 1.69. The maximum Gasteiger partial charge on any atom is 0.190 e. The molecule has 0 saturated carbocycles. The molecule has 1 aliphatic heterocycles. The summed E-state index contributed by atoms with van der Waals surface area (Å²) in [5.41, 5.74) is 4.71. The molecule has 25 heavy (non-hydrogen) atoms. The first-order valence-electron chi connectivity index (χ1n) is 8.76. The standard InChI is InChI=1S/C21H22N2OS/c1-16-9-11-17(12-10-16)20-15-25-21(22-18-6-3-2-4-7-18)23(20)14-19-8-5-13-24-19/h2-4,6-7,9-12,15,19H,5,8,13-14H2,1H3/t19-/m1/s1. The van der Waals surface area contributed by atoms with Gasteiger partial charge in [-0.1, -0.05) is 48.0 Å². The largest absolute Gasteiger partial charge is 0.376 e. The highest BCUT2D eigenvalue weighted by atomic mass is 32.1. The first-order chi connectivity index (χ1) is 12.3. The average Bonchev–Trinajstić information content (AvgIpc) is 3.28. The first kappa shape index (κ1) is 16.3. The van der Waals surface area contributed by atoms with Crippen LogP contribution in [0.1, 0.15) is 18.4 Å². The topological polar surface area (TPSA) is 26.5 Å². The van der Waals surface area contributed by atoms with Gasteiger partial charge in [-0.3, -0.25) is 0 Å². The maximum absolute atomic E-state index is 5.88. The molecule has 2 heterocycles. The second-order valence-electron chi connectivity index (χ2n) is 6.46. The summed E-state index contributed by atoms with van der Waals surface area (Å²) in [6.07, 6.45) is 2.56. The predicted octanol–water partition coefficient (Wildman–Crippen LogP) is 4.94. The zero-order valence-electron chi connectivity index (χ0n) is 14.4. The van der Waals surface area contributed by atoms with Crippen molar-refractivity contribution in [3.63, 3.8) is 0 Å². The first-order valence-corrected chi connectivity index (χ1v) is 9.64. The van der Waals surface area contributed by atoms with Crippen LogP contribution in [0.2, 0.25) is 0 Å². The Kier molecular flexibility index (Phi) is 4.81. The summed E-state index contributed by atoms with van der Waals surface area (Å²) in [5, 5.41) is 2.21. The van der Waals surface area contributed by atoms with E-state index in [9.17, 15) is 0 Å². The van der Waals surface area contributed by atoms with Gasteiger partial charge in [0, 0.05) is 12.0 Å². The molecule has 1 aromatic heterocycles. The zero-order chi connectivity index (χ0) is 17.1. The lowest BCUT2D eigenvalue weighted by atomic mass is 10.1. The molecule has 1 atom stereocenters. The number of aryl methyl sites for hydroxylation is 1. The van der Waals surface area contributed by atoms with Crippen molar-refractivity contribution in [2.45, 2.75) is 32.4 Å². The minimum Gasteiger partial charge on any atom is -0.376 e. The van der Waals surface area contributed by atoms with E-state index in [1.54, 1.807) is 11.3 Å². The quantitative estimate of drug-likeness (QED) is 0.655. The Balaban J connectivity index is 1.78. The van der Waals surface area contributed by atoms with E-state index in [1.807, 2.05) is 30.3 Å². The van der Waals surface area contributed by atoms with Gasteiger partial charge in [0.05, 0.1) is 24.0 Å². The highest BCUT2D eigenvalue weighted by Crippen LogP contribution is 2.23. The fourth-order valence-electron chi connectivity index (χ4n) is 3.16. The SMILES string of the molecule is Cc1ccc(-c2csc(=Nc3ccccc3)n2C[C@H]2CCCO2)cc1. The smallest absolute Gasteiger partial charge is 0.190 e. The maximum atomic E-state index is 5.88. The molecule has 3 aromatic rings. The van der Waals surface area contributed by atoms with Crippen molar-refractivity contribution >= 4 is 17.0 Å². The van der Waals surface area contributed by atoms with Crippen molar-refractivity contribution < 1.29 is 4.74 Å². The van der Waals surface area contributed by atoms with E-state index in [-0.39, 0.29) is 6.10 Å². The molecule has 4 heteroatoms. The Morgan fingerprint density at radius 2 is 1.92 bits per heavy atom. The molecule has 0 amide bonds. The third kappa shape index (κ3) is 3.75. The van der Waals surface area contributed by atoms with Gasteiger partial charge >= 0.3 is 0 Å².